The summed E-state index contributed by atoms with van der Waals surface area (Å²) in [4.78, 5) is 12.0. The maximum Gasteiger partial charge on any atom is 0.240 e. The number of nitrogens with one attached hydrogen (secondary N) is 1. The topological polar surface area (TPSA) is 66.5 Å². The fourth-order valence-corrected chi connectivity index (χ4v) is 2.86. The molecule has 118 valence electrons. The van der Waals surface area contributed by atoms with Gasteiger partial charge in [-0.3, -0.25) is 9.10 Å². The molecule has 1 N–H and O–H groups in total. The number of rotatable bonds is 6. The van der Waals surface area contributed by atoms with Crippen LogP contribution in [0.15, 0.2) is 28.7 Å². The van der Waals surface area contributed by atoms with Gasteiger partial charge in [0.05, 0.1) is 11.9 Å². The second kappa shape index (κ2) is 7.26. The van der Waals surface area contributed by atoms with Crippen LogP contribution in [0.5, 0.6) is 0 Å². The number of amides is 1. The lowest BCUT2D eigenvalue weighted by Crippen LogP contribution is -2.44. The SMILES string of the molecule is CC(C)[C@@H](C)NC(=O)CN(c1cccc(Br)c1)S(C)(=O)=O. The molecule has 0 spiro atoms. The van der Waals surface area contributed by atoms with Crippen molar-refractivity contribution in [3.05, 3.63) is 28.7 Å². The molecule has 0 bridgehead atoms. The number of carbonyl (C=O) groups is 1. The number of anilines is 1. The van der Waals surface area contributed by atoms with E-state index in [4.69, 9.17) is 0 Å². The van der Waals surface area contributed by atoms with Crippen LogP contribution in [0.4, 0.5) is 5.69 Å². The Morgan fingerprint density at radius 2 is 1.95 bits per heavy atom. The summed E-state index contributed by atoms with van der Waals surface area (Å²) in [6, 6.07) is 6.84. The Balaban J connectivity index is 2.94. The Morgan fingerprint density at radius 1 is 1.33 bits per heavy atom. The van der Waals surface area contributed by atoms with E-state index in [1.165, 1.54) is 0 Å². The Hall–Kier alpha value is -1.08. The number of benzene rings is 1. The highest BCUT2D eigenvalue weighted by Crippen LogP contribution is 2.21. The summed E-state index contributed by atoms with van der Waals surface area (Å²) >= 11 is 3.30. The monoisotopic (exact) mass is 376 g/mol. The highest BCUT2D eigenvalue weighted by Gasteiger charge is 2.22. The molecule has 0 fully saturated rings. The summed E-state index contributed by atoms with van der Waals surface area (Å²) in [6.45, 7) is 5.65. The van der Waals surface area contributed by atoms with Crippen LogP contribution in [0.2, 0.25) is 0 Å². The quantitative estimate of drug-likeness (QED) is 0.828. The standard InChI is InChI=1S/C14H21BrN2O3S/c1-10(2)11(3)16-14(18)9-17(21(4,19)20)13-7-5-6-12(15)8-13/h5-8,10-11H,9H2,1-4H3,(H,16,18)/t11-/m1/s1. The normalized spacial score (nSPS) is 13.0. The average molecular weight is 377 g/mol. The molecule has 0 aliphatic carbocycles. The van der Waals surface area contributed by atoms with Gasteiger partial charge in [0.15, 0.2) is 0 Å². The largest absolute Gasteiger partial charge is 0.352 e. The summed E-state index contributed by atoms with van der Waals surface area (Å²) in [5.74, 6) is -0.0342. The number of sulfonamides is 1. The van der Waals surface area contributed by atoms with Gasteiger partial charge >= 0.3 is 0 Å². The molecule has 1 aromatic carbocycles. The van der Waals surface area contributed by atoms with E-state index in [1.807, 2.05) is 20.8 Å². The summed E-state index contributed by atoms with van der Waals surface area (Å²) in [6.07, 6.45) is 1.09. The van der Waals surface area contributed by atoms with E-state index in [1.54, 1.807) is 24.3 Å². The van der Waals surface area contributed by atoms with Crippen LogP contribution in [0, 0.1) is 5.92 Å². The fraction of sp³-hybridized carbons (Fsp3) is 0.500. The minimum Gasteiger partial charge on any atom is -0.352 e. The first-order chi connectivity index (χ1) is 9.61. The van der Waals surface area contributed by atoms with Crippen LogP contribution in [0.25, 0.3) is 0 Å². The van der Waals surface area contributed by atoms with Crippen LogP contribution in [-0.2, 0) is 14.8 Å². The first kappa shape index (κ1) is 18.0. The molecule has 0 heterocycles. The molecule has 1 aromatic rings. The van der Waals surface area contributed by atoms with Crippen molar-refractivity contribution in [3.63, 3.8) is 0 Å². The summed E-state index contributed by atoms with van der Waals surface area (Å²) in [5, 5.41) is 2.81. The summed E-state index contributed by atoms with van der Waals surface area (Å²) in [5.41, 5.74) is 0.458. The van der Waals surface area contributed by atoms with Crippen LogP contribution < -0.4 is 9.62 Å². The maximum absolute atomic E-state index is 12.0. The van der Waals surface area contributed by atoms with E-state index >= 15 is 0 Å². The van der Waals surface area contributed by atoms with Gasteiger partial charge in [0, 0.05) is 10.5 Å². The number of halogens is 1. The zero-order valence-corrected chi connectivity index (χ0v) is 15.0. The van der Waals surface area contributed by atoms with Gasteiger partial charge in [0.2, 0.25) is 15.9 Å². The van der Waals surface area contributed by atoms with Crippen LogP contribution in [-0.4, -0.2) is 33.2 Å². The molecular weight excluding hydrogens is 356 g/mol. The Kier molecular flexibility index (Phi) is 6.22. The van der Waals surface area contributed by atoms with Crippen molar-refractivity contribution in [1.29, 1.82) is 0 Å². The third-order valence-electron chi connectivity index (χ3n) is 3.17. The van der Waals surface area contributed by atoms with Crippen molar-refractivity contribution < 1.29 is 13.2 Å². The molecule has 0 saturated carbocycles. The second-order valence-corrected chi connectivity index (χ2v) is 8.17. The molecular formula is C14H21BrN2O3S. The molecule has 0 aromatic heterocycles. The molecule has 21 heavy (non-hydrogen) atoms. The third-order valence-corrected chi connectivity index (χ3v) is 4.81. The van der Waals surface area contributed by atoms with Gasteiger partial charge in [-0.25, -0.2) is 8.42 Å². The fourth-order valence-electron chi connectivity index (χ4n) is 1.63. The summed E-state index contributed by atoms with van der Waals surface area (Å²) in [7, 11) is -3.53. The molecule has 0 aliphatic rings. The molecule has 0 radical (unpaired) electrons. The molecule has 5 nitrogen and oxygen atoms in total. The van der Waals surface area contributed by atoms with Gasteiger partial charge in [-0.2, -0.15) is 0 Å². The zero-order chi connectivity index (χ0) is 16.2. The lowest BCUT2D eigenvalue weighted by Gasteiger charge is -2.24. The lowest BCUT2D eigenvalue weighted by molar-refractivity contribution is -0.120. The maximum atomic E-state index is 12.0. The van der Waals surface area contributed by atoms with Crippen molar-refractivity contribution in [1.82, 2.24) is 5.32 Å². The number of hydrogen-bond acceptors (Lipinski definition) is 3. The van der Waals surface area contributed by atoms with Crippen LogP contribution >= 0.6 is 15.9 Å². The predicted octanol–water partition coefficient (Wildman–Crippen LogP) is 2.38. The molecule has 7 heteroatoms. The van der Waals surface area contributed by atoms with E-state index < -0.39 is 10.0 Å². The minimum atomic E-state index is -3.53. The van der Waals surface area contributed by atoms with Crippen molar-refractivity contribution >= 4 is 37.5 Å². The smallest absolute Gasteiger partial charge is 0.240 e. The number of carbonyl (C=O) groups excluding carboxylic acids is 1. The second-order valence-electron chi connectivity index (χ2n) is 5.35. The summed E-state index contributed by atoms with van der Waals surface area (Å²) < 4.78 is 25.7. The highest BCUT2D eigenvalue weighted by molar-refractivity contribution is 9.10. The van der Waals surface area contributed by atoms with E-state index in [-0.39, 0.29) is 24.4 Å². The molecule has 1 amide bonds. The molecule has 1 rings (SSSR count). The van der Waals surface area contributed by atoms with Crippen molar-refractivity contribution in [2.45, 2.75) is 26.8 Å². The highest BCUT2D eigenvalue weighted by atomic mass is 79.9. The molecule has 0 unspecified atom stereocenters. The van der Waals surface area contributed by atoms with Crippen molar-refractivity contribution in [3.8, 4) is 0 Å². The van der Waals surface area contributed by atoms with E-state index in [0.29, 0.717) is 5.69 Å². The minimum absolute atomic E-state index is 0.0126. The van der Waals surface area contributed by atoms with Gasteiger partial charge < -0.3 is 5.32 Å². The van der Waals surface area contributed by atoms with Gasteiger partial charge in [0.25, 0.3) is 0 Å². The van der Waals surface area contributed by atoms with Gasteiger partial charge in [-0.1, -0.05) is 35.8 Å². The molecule has 0 saturated heterocycles. The first-order valence-corrected chi connectivity index (χ1v) is 9.28. The number of nitrogens with zero attached hydrogens (tertiary/aromatic N) is 1. The number of hydrogen-bond donors (Lipinski definition) is 1. The van der Waals surface area contributed by atoms with Crippen molar-refractivity contribution in [2.24, 2.45) is 5.92 Å². The Morgan fingerprint density at radius 3 is 2.43 bits per heavy atom. The lowest BCUT2D eigenvalue weighted by atomic mass is 10.1. The zero-order valence-electron chi connectivity index (χ0n) is 12.6. The first-order valence-electron chi connectivity index (χ1n) is 6.64. The molecule has 0 aliphatic heterocycles. The Labute approximate surface area is 134 Å². The van der Waals surface area contributed by atoms with Gasteiger partial charge in [-0.05, 0) is 31.0 Å². The van der Waals surface area contributed by atoms with Crippen molar-refractivity contribution in [2.75, 3.05) is 17.1 Å². The predicted molar refractivity (Wildman–Crippen MR) is 88.8 cm³/mol. The van der Waals surface area contributed by atoms with E-state index in [2.05, 4.69) is 21.2 Å². The van der Waals surface area contributed by atoms with E-state index in [0.717, 1.165) is 15.0 Å². The van der Waals surface area contributed by atoms with E-state index in [9.17, 15) is 13.2 Å². The van der Waals surface area contributed by atoms with Crippen LogP contribution in [0.3, 0.4) is 0 Å². The third kappa shape index (κ3) is 5.67. The average Bonchev–Trinajstić information content (AvgIpc) is 2.34. The van der Waals surface area contributed by atoms with Gasteiger partial charge in [-0.15, -0.1) is 0 Å². The molecule has 1 atom stereocenters. The van der Waals surface area contributed by atoms with Gasteiger partial charge in [0.1, 0.15) is 6.54 Å². The Bertz CT molecular complexity index is 602. The van der Waals surface area contributed by atoms with Crippen LogP contribution in [0.1, 0.15) is 20.8 Å².